The topological polar surface area (TPSA) is 68.4 Å². The number of fused-ring (bicyclic) bond motifs is 1. The molecule has 0 amide bonds. The van der Waals surface area contributed by atoms with E-state index in [1.807, 2.05) is 30.3 Å². The van der Waals surface area contributed by atoms with Gasteiger partial charge in [0.2, 0.25) is 0 Å². The molecule has 2 aromatic rings. The van der Waals surface area contributed by atoms with Crippen LogP contribution < -0.4 is 10.5 Å². The van der Waals surface area contributed by atoms with Crippen LogP contribution in [0.1, 0.15) is 23.7 Å². The maximum atomic E-state index is 11.0. The molecular weight excluding hydrogens is 332 g/mol. The smallest absolute Gasteiger partial charge is 0.123 e. The minimum atomic E-state index is -0.724. The van der Waals surface area contributed by atoms with Gasteiger partial charge in [-0.15, -0.1) is 0 Å². The minimum Gasteiger partial charge on any atom is -0.493 e. The molecule has 1 aliphatic rings. The van der Waals surface area contributed by atoms with E-state index >= 15 is 0 Å². The number of rotatable bonds is 3. The third-order valence-corrected chi connectivity index (χ3v) is 4.59. The van der Waals surface area contributed by atoms with Crippen LogP contribution in [0.15, 0.2) is 47.2 Å². The van der Waals surface area contributed by atoms with Crippen molar-refractivity contribution in [3.05, 3.63) is 58.3 Å². The first-order valence-electron chi connectivity index (χ1n) is 6.88. The number of hydrogen-bond acceptors (Lipinski definition) is 4. The van der Waals surface area contributed by atoms with Crippen molar-refractivity contribution in [3.63, 3.8) is 0 Å². The van der Waals surface area contributed by atoms with Crippen molar-refractivity contribution >= 4 is 15.9 Å². The molecule has 0 bridgehead atoms. The van der Waals surface area contributed by atoms with Crippen molar-refractivity contribution < 1.29 is 9.84 Å². The molecule has 3 N–H and O–H groups in total. The van der Waals surface area contributed by atoms with Crippen LogP contribution >= 0.6 is 15.9 Å². The second-order valence-corrected chi connectivity index (χ2v) is 6.21. The summed E-state index contributed by atoms with van der Waals surface area (Å²) in [7, 11) is 0. The SMILES string of the molecule is NCC1(C(O)c2cncc(Br)c2)CCOc2ccccc21. The number of hydrogen-bond donors (Lipinski definition) is 2. The van der Waals surface area contributed by atoms with Gasteiger partial charge in [0.15, 0.2) is 0 Å². The summed E-state index contributed by atoms with van der Waals surface area (Å²) in [5, 5.41) is 11.0. The van der Waals surface area contributed by atoms with E-state index in [-0.39, 0.29) is 0 Å². The summed E-state index contributed by atoms with van der Waals surface area (Å²) in [6, 6.07) is 9.66. The monoisotopic (exact) mass is 348 g/mol. The summed E-state index contributed by atoms with van der Waals surface area (Å²) in [5.74, 6) is 0.802. The van der Waals surface area contributed by atoms with E-state index in [2.05, 4.69) is 20.9 Å². The number of ether oxygens (including phenoxy) is 1. The van der Waals surface area contributed by atoms with Crippen LogP contribution in [0.25, 0.3) is 0 Å². The van der Waals surface area contributed by atoms with Gasteiger partial charge in [-0.05, 0) is 34.5 Å². The Morgan fingerprint density at radius 1 is 1.38 bits per heavy atom. The average Bonchev–Trinajstić information content (AvgIpc) is 2.53. The fourth-order valence-electron chi connectivity index (χ4n) is 2.99. The van der Waals surface area contributed by atoms with E-state index < -0.39 is 11.5 Å². The highest BCUT2D eigenvalue weighted by Crippen LogP contribution is 2.46. The molecular formula is C16H17BrN2O2. The molecule has 0 saturated carbocycles. The molecule has 0 saturated heterocycles. The molecule has 3 rings (SSSR count). The van der Waals surface area contributed by atoms with Gasteiger partial charge in [-0.1, -0.05) is 18.2 Å². The van der Waals surface area contributed by atoms with Crippen molar-refractivity contribution in [2.24, 2.45) is 5.73 Å². The van der Waals surface area contributed by atoms with Gasteiger partial charge >= 0.3 is 0 Å². The van der Waals surface area contributed by atoms with Crippen LogP contribution in [0.2, 0.25) is 0 Å². The lowest BCUT2D eigenvalue weighted by Gasteiger charge is -2.41. The number of halogens is 1. The zero-order valence-electron chi connectivity index (χ0n) is 11.5. The first-order valence-corrected chi connectivity index (χ1v) is 7.67. The molecule has 21 heavy (non-hydrogen) atoms. The van der Waals surface area contributed by atoms with Crippen molar-refractivity contribution in [1.29, 1.82) is 0 Å². The van der Waals surface area contributed by atoms with Gasteiger partial charge < -0.3 is 15.6 Å². The molecule has 0 spiro atoms. The van der Waals surface area contributed by atoms with Crippen molar-refractivity contribution in [2.45, 2.75) is 17.9 Å². The van der Waals surface area contributed by atoms with Gasteiger partial charge in [-0.3, -0.25) is 4.98 Å². The second-order valence-electron chi connectivity index (χ2n) is 5.29. The number of aliphatic hydroxyl groups excluding tert-OH is 1. The van der Waals surface area contributed by atoms with E-state index in [9.17, 15) is 5.11 Å². The fourth-order valence-corrected chi connectivity index (χ4v) is 3.37. The van der Waals surface area contributed by atoms with Crippen LogP contribution in [-0.2, 0) is 5.41 Å². The summed E-state index contributed by atoms with van der Waals surface area (Å²) in [6.07, 6.45) is 3.33. The van der Waals surface area contributed by atoms with Gasteiger partial charge in [-0.2, -0.15) is 0 Å². The number of benzene rings is 1. The predicted octanol–water partition coefficient (Wildman–Crippen LogP) is 2.56. The summed E-state index contributed by atoms with van der Waals surface area (Å²) in [4.78, 5) is 4.14. The number of nitrogens with two attached hydrogens (primary N) is 1. The summed E-state index contributed by atoms with van der Waals surface area (Å²) >= 11 is 3.40. The van der Waals surface area contributed by atoms with Gasteiger partial charge in [0.05, 0.1) is 12.7 Å². The van der Waals surface area contributed by atoms with Crippen molar-refractivity contribution in [2.75, 3.05) is 13.2 Å². The first kappa shape index (κ1) is 14.5. The van der Waals surface area contributed by atoms with E-state index in [1.165, 1.54) is 0 Å². The van der Waals surface area contributed by atoms with Crippen LogP contribution in [0.5, 0.6) is 5.75 Å². The highest BCUT2D eigenvalue weighted by Gasteiger charge is 2.43. The van der Waals surface area contributed by atoms with Gasteiger partial charge in [-0.25, -0.2) is 0 Å². The molecule has 1 aromatic carbocycles. The summed E-state index contributed by atoms with van der Waals surface area (Å²) in [6.45, 7) is 0.897. The van der Waals surface area contributed by atoms with Crippen molar-refractivity contribution in [3.8, 4) is 5.75 Å². The molecule has 2 unspecified atom stereocenters. The maximum Gasteiger partial charge on any atom is 0.123 e. The Bertz CT molecular complexity index is 650. The molecule has 0 radical (unpaired) electrons. The average molecular weight is 349 g/mol. The fraction of sp³-hybridized carbons (Fsp3) is 0.312. The molecule has 1 aromatic heterocycles. The Labute approximate surface area is 132 Å². The number of nitrogens with zero attached hydrogens (tertiary/aromatic N) is 1. The third-order valence-electron chi connectivity index (χ3n) is 4.16. The number of aromatic nitrogens is 1. The molecule has 0 aliphatic carbocycles. The predicted molar refractivity (Wildman–Crippen MR) is 84.2 cm³/mol. The van der Waals surface area contributed by atoms with E-state index in [1.54, 1.807) is 12.4 Å². The summed E-state index contributed by atoms with van der Waals surface area (Å²) < 4.78 is 6.54. The molecule has 5 heteroatoms. The van der Waals surface area contributed by atoms with E-state index in [4.69, 9.17) is 10.5 Å². The second kappa shape index (κ2) is 5.75. The molecule has 2 atom stereocenters. The van der Waals surface area contributed by atoms with E-state index in [0.29, 0.717) is 19.6 Å². The van der Waals surface area contributed by atoms with Crippen LogP contribution in [0.4, 0.5) is 0 Å². The highest BCUT2D eigenvalue weighted by atomic mass is 79.9. The maximum absolute atomic E-state index is 11.0. The zero-order chi connectivity index (χ0) is 14.9. The van der Waals surface area contributed by atoms with Crippen LogP contribution in [0, 0.1) is 0 Å². The Morgan fingerprint density at radius 2 is 2.19 bits per heavy atom. The largest absolute Gasteiger partial charge is 0.493 e. The number of para-hydroxylation sites is 1. The van der Waals surface area contributed by atoms with Gasteiger partial charge in [0.25, 0.3) is 0 Å². The number of aliphatic hydroxyl groups is 1. The molecule has 4 nitrogen and oxygen atoms in total. The van der Waals surface area contributed by atoms with Crippen LogP contribution in [-0.4, -0.2) is 23.2 Å². The molecule has 0 fully saturated rings. The van der Waals surface area contributed by atoms with Crippen molar-refractivity contribution in [1.82, 2.24) is 4.98 Å². The lowest BCUT2D eigenvalue weighted by molar-refractivity contribution is 0.0532. The van der Waals surface area contributed by atoms with Gasteiger partial charge in [0.1, 0.15) is 5.75 Å². The lowest BCUT2D eigenvalue weighted by Crippen LogP contribution is -2.45. The Morgan fingerprint density at radius 3 is 2.95 bits per heavy atom. The number of pyridine rings is 1. The van der Waals surface area contributed by atoms with E-state index in [0.717, 1.165) is 21.3 Å². The van der Waals surface area contributed by atoms with Gasteiger partial charge in [0, 0.05) is 40.0 Å². The third kappa shape index (κ3) is 2.46. The zero-order valence-corrected chi connectivity index (χ0v) is 13.1. The summed E-state index contributed by atoms with van der Waals surface area (Å²) in [5.41, 5.74) is 7.26. The quantitative estimate of drug-likeness (QED) is 0.894. The molecule has 1 aliphatic heterocycles. The Hall–Kier alpha value is -1.43. The first-order chi connectivity index (χ1) is 10.2. The van der Waals surface area contributed by atoms with Crippen LogP contribution in [0.3, 0.4) is 0 Å². The Balaban J connectivity index is 2.09. The highest BCUT2D eigenvalue weighted by molar-refractivity contribution is 9.10. The molecule has 2 heterocycles. The standard InChI is InChI=1S/C16H17BrN2O2/c17-12-7-11(8-19-9-12)15(20)16(10-18)5-6-21-14-4-2-1-3-13(14)16/h1-4,7-9,15,20H,5-6,10,18H2. The minimum absolute atomic E-state index is 0.348. The normalized spacial score (nSPS) is 22.2. The molecule has 110 valence electrons. The Kier molecular flexibility index (Phi) is 3.97. The lowest BCUT2D eigenvalue weighted by atomic mass is 9.70.